The third-order valence-corrected chi connectivity index (χ3v) is 4.16. The second-order valence-electron chi connectivity index (χ2n) is 5.37. The van der Waals surface area contributed by atoms with Gasteiger partial charge in [-0.1, -0.05) is 0 Å². The summed E-state index contributed by atoms with van der Waals surface area (Å²) in [5, 5.41) is 0. The molecule has 2 fully saturated rings. The van der Waals surface area contributed by atoms with Crippen LogP contribution in [0.5, 0.6) is 0 Å². The summed E-state index contributed by atoms with van der Waals surface area (Å²) >= 11 is 0. The van der Waals surface area contributed by atoms with Crippen molar-refractivity contribution in [3.8, 4) is 0 Å². The molecule has 18 heavy (non-hydrogen) atoms. The maximum atomic E-state index is 12.2. The number of amides is 2. The average molecular weight is 253 g/mol. The number of carbonyl (C=O) groups excluding carboxylic acids is 2. The minimum Gasteiger partial charge on any atom is -0.339 e. The van der Waals surface area contributed by atoms with Crippen LogP contribution < -0.4 is 0 Å². The first-order valence-electron chi connectivity index (χ1n) is 6.81. The number of carbonyl (C=O) groups is 2. The first-order chi connectivity index (χ1) is 8.58. The van der Waals surface area contributed by atoms with Gasteiger partial charge in [0.25, 0.3) is 0 Å². The first kappa shape index (κ1) is 13.3. The van der Waals surface area contributed by atoms with E-state index in [2.05, 4.69) is 11.9 Å². The lowest BCUT2D eigenvalue weighted by Gasteiger charge is -2.35. The molecule has 0 aromatic heterocycles. The predicted octanol–water partition coefficient (Wildman–Crippen LogP) is 0.161. The number of piperazine rings is 1. The predicted molar refractivity (Wildman–Crippen MR) is 69.1 cm³/mol. The Balaban J connectivity index is 1.79. The Bertz CT molecular complexity index is 324. The smallest absolute Gasteiger partial charge is 0.224 e. The largest absolute Gasteiger partial charge is 0.339 e. The summed E-state index contributed by atoms with van der Waals surface area (Å²) in [5.74, 6) is 0.356. The van der Waals surface area contributed by atoms with E-state index in [0.717, 1.165) is 13.0 Å². The summed E-state index contributed by atoms with van der Waals surface area (Å²) in [7, 11) is 2.10. The Morgan fingerprint density at radius 2 is 1.67 bits per heavy atom. The average Bonchev–Trinajstić information content (AvgIpc) is 2.75. The highest BCUT2D eigenvalue weighted by atomic mass is 16.2. The van der Waals surface area contributed by atoms with Gasteiger partial charge in [-0.3, -0.25) is 9.59 Å². The van der Waals surface area contributed by atoms with Crippen LogP contribution in [0, 0.1) is 0 Å². The van der Waals surface area contributed by atoms with Crippen LogP contribution in [0.4, 0.5) is 0 Å². The summed E-state index contributed by atoms with van der Waals surface area (Å²) < 4.78 is 0. The van der Waals surface area contributed by atoms with Crippen molar-refractivity contribution in [1.29, 1.82) is 0 Å². The van der Waals surface area contributed by atoms with Crippen LogP contribution >= 0.6 is 0 Å². The van der Waals surface area contributed by atoms with Crippen LogP contribution in [0.2, 0.25) is 0 Å². The number of hydrogen-bond donors (Lipinski definition) is 0. The molecule has 102 valence electrons. The van der Waals surface area contributed by atoms with Crippen LogP contribution in [-0.2, 0) is 9.59 Å². The molecule has 0 aromatic rings. The second kappa shape index (κ2) is 5.69. The molecule has 0 bridgehead atoms. The summed E-state index contributed by atoms with van der Waals surface area (Å²) in [5.41, 5.74) is 0. The van der Waals surface area contributed by atoms with E-state index in [-0.39, 0.29) is 11.8 Å². The van der Waals surface area contributed by atoms with Crippen molar-refractivity contribution < 1.29 is 9.59 Å². The Morgan fingerprint density at radius 3 is 2.17 bits per heavy atom. The topological polar surface area (TPSA) is 43.9 Å². The Labute approximate surface area is 109 Å². The quantitative estimate of drug-likeness (QED) is 0.704. The van der Waals surface area contributed by atoms with E-state index in [4.69, 9.17) is 0 Å². The molecule has 5 nitrogen and oxygen atoms in total. The lowest BCUT2D eigenvalue weighted by atomic mass is 10.1. The summed E-state index contributed by atoms with van der Waals surface area (Å²) in [6.07, 6.45) is 2.97. The lowest BCUT2D eigenvalue weighted by Crippen LogP contribution is -2.50. The Morgan fingerprint density at radius 1 is 1.06 bits per heavy atom. The minimum atomic E-state index is 0.109. The van der Waals surface area contributed by atoms with E-state index in [9.17, 15) is 9.59 Å². The molecule has 2 rings (SSSR count). The molecular weight excluding hydrogens is 230 g/mol. The number of hydrogen-bond acceptors (Lipinski definition) is 3. The van der Waals surface area contributed by atoms with E-state index >= 15 is 0 Å². The summed E-state index contributed by atoms with van der Waals surface area (Å²) in [6.45, 7) is 5.44. The maximum Gasteiger partial charge on any atom is 0.224 e. The zero-order valence-corrected chi connectivity index (χ0v) is 11.4. The highest BCUT2D eigenvalue weighted by Crippen LogP contribution is 2.19. The second-order valence-corrected chi connectivity index (χ2v) is 5.37. The van der Waals surface area contributed by atoms with Crippen molar-refractivity contribution in [3.05, 3.63) is 0 Å². The van der Waals surface area contributed by atoms with Gasteiger partial charge in [0.1, 0.15) is 0 Å². The molecule has 0 saturated carbocycles. The van der Waals surface area contributed by atoms with Gasteiger partial charge in [0, 0.05) is 45.6 Å². The van der Waals surface area contributed by atoms with Gasteiger partial charge in [0.2, 0.25) is 11.8 Å². The molecule has 2 aliphatic heterocycles. The van der Waals surface area contributed by atoms with Crippen LogP contribution in [0.3, 0.4) is 0 Å². The third-order valence-electron chi connectivity index (χ3n) is 4.16. The number of rotatable bonds is 2. The summed E-state index contributed by atoms with van der Waals surface area (Å²) in [4.78, 5) is 29.4. The van der Waals surface area contributed by atoms with Gasteiger partial charge in [-0.05, 0) is 26.4 Å². The maximum absolute atomic E-state index is 12.2. The first-order valence-corrected chi connectivity index (χ1v) is 6.81. The van der Waals surface area contributed by atoms with E-state index in [1.165, 1.54) is 6.42 Å². The van der Waals surface area contributed by atoms with E-state index < -0.39 is 0 Å². The molecular formula is C13H23N3O2. The standard InChI is InChI=1S/C13H23N3O2/c1-11(17)15-6-8-16(9-7-15)13(18)10-12-4-3-5-14(12)2/h12H,3-10H2,1-2H3. The van der Waals surface area contributed by atoms with Crippen molar-refractivity contribution in [1.82, 2.24) is 14.7 Å². The molecule has 2 amide bonds. The van der Waals surface area contributed by atoms with Gasteiger partial charge in [-0.25, -0.2) is 0 Å². The fourth-order valence-electron chi connectivity index (χ4n) is 2.84. The molecule has 0 spiro atoms. The van der Waals surface area contributed by atoms with Crippen molar-refractivity contribution in [2.45, 2.75) is 32.2 Å². The molecule has 1 atom stereocenters. The van der Waals surface area contributed by atoms with Gasteiger partial charge in [-0.2, -0.15) is 0 Å². The van der Waals surface area contributed by atoms with Gasteiger partial charge in [0.05, 0.1) is 0 Å². The van der Waals surface area contributed by atoms with Gasteiger partial charge < -0.3 is 14.7 Å². The van der Waals surface area contributed by atoms with Gasteiger partial charge in [-0.15, -0.1) is 0 Å². The van der Waals surface area contributed by atoms with Crippen molar-refractivity contribution in [2.24, 2.45) is 0 Å². The van der Waals surface area contributed by atoms with Crippen molar-refractivity contribution in [2.75, 3.05) is 39.8 Å². The van der Waals surface area contributed by atoms with Crippen LogP contribution in [0.15, 0.2) is 0 Å². The molecule has 2 aliphatic rings. The molecule has 5 heteroatoms. The van der Waals surface area contributed by atoms with E-state index in [0.29, 0.717) is 38.6 Å². The van der Waals surface area contributed by atoms with Crippen molar-refractivity contribution >= 4 is 11.8 Å². The fraction of sp³-hybridized carbons (Fsp3) is 0.846. The minimum absolute atomic E-state index is 0.109. The number of likely N-dealkylation sites (tertiary alicyclic amines) is 1. The zero-order valence-electron chi connectivity index (χ0n) is 11.4. The van der Waals surface area contributed by atoms with Crippen LogP contribution in [-0.4, -0.2) is 72.3 Å². The SMILES string of the molecule is CC(=O)N1CCN(C(=O)CC2CCCN2C)CC1. The Hall–Kier alpha value is -1.10. The monoisotopic (exact) mass is 253 g/mol. The third kappa shape index (κ3) is 3.02. The molecule has 0 radical (unpaired) electrons. The highest BCUT2D eigenvalue weighted by Gasteiger charge is 2.27. The van der Waals surface area contributed by atoms with Gasteiger partial charge in [0.15, 0.2) is 0 Å². The molecule has 0 N–H and O–H groups in total. The normalized spacial score (nSPS) is 25.6. The highest BCUT2D eigenvalue weighted by molar-refractivity contribution is 5.78. The Kier molecular flexibility index (Phi) is 4.22. The molecule has 2 saturated heterocycles. The molecule has 0 aromatic carbocycles. The fourth-order valence-corrected chi connectivity index (χ4v) is 2.84. The van der Waals surface area contributed by atoms with E-state index in [1.807, 2.05) is 9.80 Å². The molecule has 0 aliphatic carbocycles. The summed E-state index contributed by atoms with van der Waals surface area (Å²) in [6, 6.07) is 0.420. The van der Waals surface area contributed by atoms with Crippen molar-refractivity contribution in [3.63, 3.8) is 0 Å². The molecule has 2 heterocycles. The van der Waals surface area contributed by atoms with E-state index in [1.54, 1.807) is 6.92 Å². The van der Waals surface area contributed by atoms with Crippen LogP contribution in [0.1, 0.15) is 26.2 Å². The number of nitrogens with zero attached hydrogens (tertiary/aromatic N) is 3. The van der Waals surface area contributed by atoms with Gasteiger partial charge >= 0.3 is 0 Å². The van der Waals surface area contributed by atoms with Crippen LogP contribution in [0.25, 0.3) is 0 Å². The lowest BCUT2D eigenvalue weighted by molar-refractivity contribution is -0.139. The zero-order chi connectivity index (χ0) is 13.1. The molecule has 1 unspecified atom stereocenters.